The van der Waals surface area contributed by atoms with Crippen LogP contribution in [0.25, 0.3) is 0 Å². The van der Waals surface area contributed by atoms with E-state index in [1.54, 1.807) is 0 Å². The zero-order valence-corrected chi connectivity index (χ0v) is 7.09. The van der Waals surface area contributed by atoms with Crippen LogP contribution in [0.3, 0.4) is 0 Å². The average molecular weight is 152 g/mol. The highest BCUT2D eigenvalue weighted by Crippen LogP contribution is 2.25. The minimum atomic E-state index is -0.142. The van der Waals surface area contributed by atoms with Crippen LogP contribution in [0.1, 0.15) is 26.2 Å². The van der Waals surface area contributed by atoms with Gasteiger partial charge in [-0.3, -0.25) is 0 Å². The van der Waals surface area contributed by atoms with Crippen molar-refractivity contribution in [1.82, 2.24) is 0 Å². The Kier molecular flexibility index (Phi) is 2.89. The van der Waals surface area contributed by atoms with Crippen LogP contribution in [-0.4, -0.2) is 11.2 Å². The molecule has 0 aromatic rings. The summed E-state index contributed by atoms with van der Waals surface area (Å²) >= 11 is 0. The Balaban J connectivity index is 2.58. The van der Waals surface area contributed by atoms with Crippen molar-refractivity contribution in [1.29, 1.82) is 0 Å². The minimum absolute atomic E-state index is 0.142. The summed E-state index contributed by atoms with van der Waals surface area (Å²) in [4.78, 5) is 0. The van der Waals surface area contributed by atoms with E-state index in [1.165, 1.54) is 5.57 Å². The Labute approximate surface area is 68.4 Å². The molecule has 1 aliphatic carbocycles. The molecule has 1 rings (SSSR count). The molecule has 1 N–H and O–H groups in total. The van der Waals surface area contributed by atoms with Gasteiger partial charge in [-0.15, -0.1) is 6.58 Å². The molecule has 0 saturated carbocycles. The van der Waals surface area contributed by atoms with Crippen LogP contribution in [0, 0.1) is 5.92 Å². The van der Waals surface area contributed by atoms with Crippen molar-refractivity contribution in [2.75, 3.05) is 0 Å². The predicted octanol–water partition coefficient (Wildman–Crippen LogP) is 2.28. The summed E-state index contributed by atoms with van der Waals surface area (Å²) in [6.45, 7) is 5.80. The van der Waals surface area contributed by atoms with Gasteiger partial charge in [0.25, 0.3) is 0 Å². The molecular formula is C10H16O. The number of hydrogen-bond acceptors (Lipinski definition) is 1. The molecule has 0 saturated heterocycles. The molecule has 2 atom stereocenters. The number of aliphatic hydroxyl groups is 1. The SMILES string of the molecule is C=CCC1C=C(C)CCC1O. The summed E-state index contributed by atoms with van der Waals surface area (Å²) in [7, 11) is 0. The van der Waals surface area contributed by atoms with Gasteiger partial charge < -0.3 is 5.11 Å². The summed E-state index contributed by atoms with van der Waals surface area (Å²) in [6, 6.07) is 0. The van der Waals surface area contributed by atoms with Crippen LogP contribution < -0.4 is 0 Å². The molecular weight excluding hydrogens is 136 g/mol. The Morgan fingerprint density at radius 2 is 2.55 bits per heavy atom. The molecule has 0 heterocycles. The van der Waals surface area contributed by atoms with Crippen molar-refractivity contribution in [3.63, 3.8) is 0 Å². The lowest BCUT2D eigenvalue weighted by Gasteiger charge is -2.24. The second kappa shape index (κ2) is 3.72. The van der Waals surface area contributed by atoms with Crippen LogP contribution in [-0.2, 0) is 0 Å². The van der Waals surface area contributed by atoms with E-state index in [4.69, 9.17) is 0 Å². The highest BCUT2D eigenvalue weighted by molar-refractivity contribution is 5.08. The third-order valence-electron chi connectivity index (χ3n) is 2.27. The number of hydrogen-bond donors (Lipinski definition) is 1. The zero-order chi connectivity index (χ0) is 8.27. The lowest BCUT2D eigenvalue weighted by atomic mass is 9.86. The van der Waals surface area contributed by atoms with Crippen LogP contribution >= 0.6 is 0 Å². The number of rotatable bonds is 2. The summed E-state index contributed by atoms with van der Waals surface area (Å²) in [5.74, 6) is 0.321. The monoisotopic (exact) mass is 152 g/mol. The molecule has 1 nitrogen and oxygen atoms in total. The maximum Gasteiger partial charge on any atom is 0.0608 e. The van der Waals surface area contributed by atoms with Gasteiger partial charge in [-0.25, -0.2) is 0 Å². The second-order valence-corrected chi connectivity index (χ2v) is 3.31. The van der Waals surface area contributed by atoms with E-state index in [2.05, 4.69) is 19.6 Å². The molecule has 62 valence electrons. The third-order valence-corrected chi connectivity index (χ3v) is 2.27. The Morgan fingerprint density at radius 1 is 1.82 bits per heavy atom. The van der Waals surface area contributed by atoms with Gasteiger partial charge in [0.05, 0.1) is 6.10 Å². The topological polar surface area (TPSA) is 20.2 Å². The summed E-state index contributed by atoms with van der Waals surface area (Å²) in [5, 5.41) is 9.53. The predicted molar refractivity (Wildman–Crippen MR) is 47.3 cm³/mol. The van der Waals surface area contributed by atoms with Gasteiger partial charge in [-0.2, -0.15) is 0 Å². The van der Waals surface area contributed by atoms with Crippen LogP contribution in [0.4, 0.5) is 0 Å². The molecule has 0 aromatic carbocycles. The van der Waals surface area contributed by atoms with Crippen molar-refractivity contribution >= 4 is 0 Å². The first kappa shape index (κ1) is 8.54. The Hall–Kier alpha value is -0.560. The van der Waals surface area contributed by atoms with E-state index in [0.717, 1.165) is 19.3 Å². The first-order valence-corrected chi connectivity index (χ1v) is 4.20. The first-order valence-electron chi connectivity index (χ1n) is 4.20. The van der Waals surface area contributed by atoms with Crippen molar-refractivity contribution in [3.8, 4) is 0 Å². The number of allylic oxidation sites excluding steroid dienone is 2. The van der Waals surface area contributed by atoms with Crippen LogP contribution in [0.2, 0.25) is 0 Å². The molecule has 0 amide bonds. The highest BCUT2D eigenvalue weighted by atomic mass is 16.3. The standard InChI is InChI=1S/C10H16O/c1-3-4-9-7-8(2)5-6-10(9)11/h3,7,9-11H,1,4-6H2,2H3. The molecule has 1 heteroatoms. The normalized spacial score (nSPS) is 31.3. The van der Waals surface area contributed by atoms with Crippen molar-refractivity contribution < 1.29 is 5.11 Å². The average Bonchev–Trinajstić information content (AvgIpc) is 1.98. The van der Waals surface area contributed by atoms with Crippen LogP contribution in [0.15, 0.2) is 24.3 Å². The third kappa shape index (κ3) is 2.19. The Bertz CT molecular complexity index is 170. The van der Waals surface area contributed by atoms with Gasteiger partial charge in [0.1, 0.15) is 0 Å². The summed E-state index contributed by atoms with van der Waals surface area (Å²) in [5.41, 5.74) is 1.40. The largest absolute Gasteiger partial charge is 0.392 e. The lowest BCUT2D eigenvalue weighted by Crippen LogP contribution is -2.21. The van der Waals surface area contributed by atoms with Gasteiger partial charge in [0.15, 0.2) is 0 Å². The van der Waals surface area contributed by atoms with E-state index < -0.39 is 0 Å². The van der Waals surface area contributed by atoms with Gasteiger partial charge in [0.2, 0.25) is 0 Å². The second-order valence-electron chi connectivity index (χ2n) is 3.31. The van der Waals surface area contributed by atoms with Crippen molar-refractivity contribution in [2.24, 2.45) is 5.92 Å². The van der Waals surface area contributed by atoms with E-state index in [9.17, 15) is 5.11 Å². The van der Waals surface area contributed by atoms with Crippen LogP contribution in [0.5, 0.6) is 0 Å². The molecule has 0 aliphatic heterocycles. The maximum atomic E-state index is 9.53. The van der Waals surface area contributed by atoms with E-state index in [1.807, 2.05) is 6.08 Å². The number of aliphatic hydroxyl groups excluding tert-OH is 1. The fourth-order valence-electron chi connectivity index (χ4n) is 1.57. The molecule has 0 spiro atoms. The molecule has 0 bridgehead atoms. The molecule has 0 radical (unpaired) electrons. The van der Waals surface area contributed by atoms with Gasteiger partial charge in [0, 0.05) is 5.92 Å². The zero-order valence-electron chi connectivity index (χ0n) is 7.09. The maximum absolute atomic E-state index is 9.53. The smallest absolute Gasteiger partial charge is 0.0608 e. The fraction of sp³-hybridized carbons (Fsp3) is 0.600. The van der Waals surface area contributed by atoms with Crippen molar-refractivity contribution in [2.45, 2.75) is 32.3 Å². The van der Waals surface area contributed by atoms with Gasteiger partial charge in [-0.05, 0) is 26.2 Å². The van der Waals surface area contributed by atoms with E-state index in [0.29, 0.717) is 5.92 Å². The fourth-order valence-corrected chi connectivity index (χ4v) is 1.57. The highest BCUT2D eigenvalue weighted by Gasteiger charge is 2.19. The molecule has 2 unspecified atom stereocenters. The van der Waals surface area contributed by atoms with Gasteiger partial charge >= 0.3 is 0 Å². The quantitative estimate of drug-likeness (QED) is 0.602. The summed E-state index contributed by atoms with van der Waals surface area (Å²) in [6.07, 6.45) is 6.78. The van der Waals surface area contributed by atoms with E-state index >= 15 is 0 Å². The van der Waals surface area contributed by atoms with Gasteiger partial charge in [-0.1, -0.05) is 17.7 Å². The molecule has 1 aliphatic rings. The minimum Gasteiger partial charge on any atom is -0.392 e. The first-order chi connectivity index (χ1) is 5.24. The van der Waals surface area contributed by atoms with Crippen molar-refractivity contribution in [3.05, 3.63) is 24.3 Å². The molecule has 0 aromatic heterocycles. The summed E-state index contributed by atoms with van der Waals surface area (Å²) < 4.78 is 0. The Morgan fingerprint density at radius 3 is 3.18 bits per heavy atom. The molecule has 11 heavy (non-hydrogen) atoms. The lowest BCUT2D eigenvalue weighted by molar-refractivity contribution is 0.115. The molecule has 0 fully saturated rings. The van der Waals surface area contributed by atoms with E-state index in [-0.39, 0.29) is 6.10 Å².